The highest BCUT2D eigenvalue weighted by atomic mass is 32.1. The first-order valence-corrected chi connectivity index (χ1v) is 11.3. The second-order valence-electron chi connectivity index (χ2n) is 7.03. The van der Waals surface area contributed by atoms with Gasteiger partial charge in [-0.15, -0.1) is 11.3 Å². The Kier molecular flexibility index (Phi) is 8.26. The van der Waals surface area contributed by atoms with Crippen LogP contribution in [0.5, 0.6) is 11.5 Å². The van der Waals surface area contributed by atoms with Gasteiger partial charge >= 0.3 is 11.9 Å². The first-order valence-electron chi connectivity index (χ1n) is 10.4. The Labute approximate surface area is 201 Å². The van der Waals surface area contributed by atoms with Crippen LogP contribution in [-0.2, 0) is 16.1 Å². The van der Waals surface area contributed by atoms with Crippen molar-refractivity contribution >= 4 is 34.2 Å². The van der Waals surface area contributed by atoms with E-state index in [1.807, 2.05) is 30.3 Å². The number of hydrogen-bond acceptors (Lipinski definition) is 8. The molecule has 178 valence electrons. The number of methoxy groups -OCH3 is 2. The van der Waals surface area contributed by atoms with E-state index in [-0.39, 0.29) is 34.2 Å². The van der Waals surface area contributed by atoms with E-state index >= 15 is 0 Å². The molecule has 0 radical (unpaired) electrons. The lowest BCUT2D eigenvalue weighted by Crippen LogP contribution is -2.16. The predicted octanol–water partition coefficient (Wildman–Crippen LogP) is 4.86. The van der Waals surface area contributed by atoms with Crippen LogP contribution in [0, 0.1) is 6.92 Å². The molecule has 0 aliphatic carbocycles. The van der Waals surface area contributed by atoms with Crippen molar-refractivity contribution in [1.82, 2.24) is 0 Å². The average Bonchev–Trinajstić information content (AvgIpc) is 3.18. The number of hydrogen-bond donors (Lipinski definition) is 1. The molecule has 0 bridgehead atoms. The Morgan fingerprint density at radius 3 is 2.09 bits per heavy atom. The van der Waals surface area contributed by atoms with Crippen molar-refractivity contribution in [2.45, 2.75) is 20.5 Å². The van der Waals surface area contributed by atoms with E-state index in [0.29, 0.717) is 17.1 Å². The molecule has 1 N–H and O–H groups in total. The molecular formula is C25H25NO7S. The second-order valence-corrected chi connectivity index (χ2v) is 8.05. The molecule has 0 saturated carbocycles. The lowest BCUT2D eigenvalue weighted by atomic mass is 10.1. The Morgan fingerprint density at radius 1 is 0.853 bits per heavy atom. The summed E-state index contributed by atoms with van der Waals surface area (Å²) in [5.74, 6) is -1.23. The minimum Gasteiger partial charge on any atom is -0.496 e. The molecule has 9 heteroatoms. The van der Waals surface area contributed by atoms with Gasteiger partial charge in [-0.2, -0.15) is 0 Å². The minimum absolute atomic E-state index is 0.0753. The van der Waals surface area contributed by atoms with Crippen molar-refractivity contribution in [2.75, 3.05) is 26.1 Å². The van der Waals surface area contributed by atoms with Crippen LogP contribution in [0.1, 0.15) is 48.4 Å². The zero-order chi connectivity index (χ0) is 24.7. The quantitative estimate of drug-likeness (QED) is 0.434. The fourth-order valence-electron chi connectivity index (χ4n) is 3.27. The summed E-state index contributed by atoms with van der Waals surface area (Å²) in [5, 5.41) is 2.88. The third kappa shape index (κ3) is 5.37. The van der Waals surface area contributed by atoms with E-state index in [1.165, 1.54) is 14.2 Å². The summed E-state index contributed by atoms with van der Waals surface area (Å²) < 4.78 is 21.2. The first kappa shape index (κ1) is 24.8. The van der Waals surface area contributed by atoms with Crippen LogP contribution in [0.4, 0.5) is 5.00 Å². The topological polar surface area (TPSA) is 100 Å². The summed E-state index contributed by atoms with van der Waals surface area (Å²) in [6, 6.07) is 14.2. The van der Waals surface area contributed by atoms with E-state index in [0.717, 1.165) is 16.9 Å². The molecule has 8 nitrogen and oxygen atoms in total. The molecule has 0 spiro atoms. The standard InChI is InChI=1S/C25H25NO7S/c1-5-32-24(28)19-15(2)21(25(29)33-14-16-10-7-6-8-11-16)34-23(19)26-22(27)20-17(30-3)12-9-13-18(20)31-4/h6-13H,5,14H2,1-4H3,(H,26,27). The van der Waals surface area contributed by atoms with Crippen LogP contribution in [0.25, 0.3) is 0 Å². The van der Waals surface area contributed by atoms with Gasteiger partial charge in [0.15, 0.2) is 0 Å². The Hall–Kier alpha value is -3.85. The molecule has 0 atom stereocenters. The number of thiophene rings is 1. The normalized spacial score (nSPS) is 10.4. The molecule has 0 saturated heterocycles. The van der Waals surface area contributed by atoms with E-state index < -0.39 is 17.8 Å². The fraction of sp³-hybridized carbons (Fsp3) is 0.240. The van der Waals surface area contributed by atoms with Gasteiger partial charge in [0.1, 0.15) is 33.5 Å². The largest absolute Gasteiger partial charge is 0.496 e. The summed E-state index contributed by atoms with van der Waals surface area (Å²) in [6.45, 7) is 3.50. The Bertz CT molecular complexity index is 1170. The van der Waals surface area contributed by atoms with Crippen molar-refractivity contribution in [3.8, 4) is 11.5 Å². The van der Waals surface area contributed by atoms with Gasteiger partial charge in [0.25, 0.3) is 5.91 Å². The van der Waals surface area contributed by atoms with Crippen LogP contribution in [-0.4, -0.2) is 38.7 Å². The monoisotopic (exact) mass is 483 g/mol. The smallest absolute Gasteiger partial charge is 0.349 e. The highest BCUT2D eigenvalue weighted by molar-refractivity contribution is 7.18. The number of nitrogens with one attached hydrogen (secondary N) is 1. The molecule has 0 aliphatic heterocycles. The van der Waals surface area contributed by atoms with Crippen molar-refractivity contribution < 1.29 is 33.3 Å². The van der Waals surface area contributed by atoms with Gasteiger partial charge in [-0.05, 0) is 37.1 Å². The van der Waals surface area contributed by atoms with Gasteiger partial charge < -0.3 is 24.3 Å². The van der Waals surface area contributed by atoms with Crippen LogP contribution < -0.4 is 14.8 Å². The fourth-order valence-corrected chi connectivity index (χ4v) is 4.36. The lowest BCUT2D eigenvalue weighted by molar-refractivity contribution is 0.0477. The third-order valence-electron chi connectivity index (χ3n) is 4.91. The molecule has 3 rings (SSSR count). The lowest BCUT2D eigenvalue weighted by Gasteiger charge is -2.13. The van der Waals surface area contributed by atoms with Gasteiger partial charge in [-0.1, -0.05) is 36.4 Å². The molecule has 0 fully saturated rings. The van der Waals surface area contributed by atoms with Crippen LogP contribution in [0.2, 0.25) is 0 Å². The molecule has 2 aromatic carbocycles. The van der Waals surface area contributed by atoms with Gasteiger partial charge in [-0.25, -0.2) is 9.59 Å². The number of ether oxygens (including phenoxy) is 4. The van der Waals surface area contributed by atoms with Gasteiger partial charge in [0, 0.05) is 0 Å². The number of rotatable bonds is 9. The zero-order valence-electron chi connectivity index (χ0n) is 19.3. The van der Waals surface area contributed by atoms with E-state index in [2.05, 4.69) is 5.32 Å². The number of esters is 2. The molecule has 0 aliphatic rings. The Balaban J connectivity index is 1.94. The summed E-state index contributed by atoms with van der Waals surface area (Å²) in [5.41, 5.74) is 1.44. The number of benzene rings is 2. The molecule has 3 aromatic rings. The van der Waals surface area contributed by atoms with Gasteiger partial charge in [0.2, 0.25) is 0 Å². The van der Waals surface area contributed by atoms with Crippen molar-refractivity contribution in [3.63, 3.8) is 0 Å². The molecule has 0 unspecified atom stereocenters. The van der Waals surface area contributed by atoms with Crippen molar-refractivity contribution in [1.29, 1.82) is 0 Å². The van der Waals surface area contributed by atoms with E-state index in [1.54, 1.807) is 32.0 Å². The van der Waals surface area contributed by atoms with Crippen LogP contribution >= 0.6 is 11.3 Å². The number of carbonyl (C=O) groups is 3. The first-order chi connectivity index (χ1) is 16.4. The maximum absolute atomic E-state index is 13.2. The second kappa shape index (κ2) is 11.3. The van der Waals surface area contributed by atoms with E-state index in [9.17, 15) is 14.4 Å². The number of anilines is 1. The maximum atomic E-state index is 13.2. The van der Waals surface area contributed by atoms with E-state index in [4.69, 9.17) is 18.9 Å². The third-order valence-corrected chi connectivity index (χ3v) is 6.09. The summed E-state index contributed by atoms with van der Waals surface area (Å²) >= 11 is 0.945. The number of amides is 1. The molecule has 1 aromatic heterocycles. The van der Waals surface area contributed by atoms with Crippen LogP contribution in [0.15, 0.2) is 48.5 Å². The summed E-state index contributed by atoms with van der Waals surface area (Å²) in [6.07, 6.45) is 0. The summed E-state index contributed by atoms with van der Waals surface area (Å²) in [4.78, 5) is 38.9. The molecule has 1 amide bonds. The SMILES string of the molecule is CCOC(=O)c1c(NC(=O)c2c(OC)cccc2OC)sc(C(=O)OCc2ccccc2)c1C. The predicted molar refractivity (Wildman–Crippen MR) is 128 cm³/mol. The number of carbonyl (C=O) groups excluding carboxylic acids is 3. The minimum atomic E-state index is -0.652. The highest BCUT2D eigenvalue weighted by Gasteiger charge is 2.29. The molecular weight excluding hydrogens is 458 g/mol. The molecule has 34 heavy (non-hydrogen) atoms. The maximum Gasteiger partial charge on any atom is 0.349 e. The van der Waals surface area contributed by atoms with Crippen molar-refractivity contribution in [2.24, 2.45) is 0 Å². The molecule has 1 heterocycles. The van der Waals surface area contributed by atoms with Crippen LogP contribution in [0.3, 0.4) is 0 Å². The Morgan fingerprint density at radius 2 is 1.50 bits per heavy atom. The highest BCUT2D eigenvalue weighted by Crippen LogP contribution is 2.36. The average molecular weight is 484 g/mol. The zero-order valence-corrected chi connectivity index (χ0v) is 20.1. The van der Waals surface area contributed by atoms with Gasteiger partial charge in [-0.3, -0.25) is 4.79 Å². The summed E-state index contributed by atoms with van der Waals surface area (Å²) in [7, 11) is 2.87. The van der Waals surface area contributed by atoms with Crippen molar-refractivity contribution in [3.05, 3.63) is 75.7 Å². The van der Waals surface area contributed by atoms with Gasteiger partial charge in [0.05, 0.1) is 26.4 Å².